The van der Waals surface area contributed by atoms with E-state index in [0.717, 1.165) is 33.2 Å². The molecule has 44 heavy (non-hydrogen) atoms. The van der Waals surface area contributed by atoms with Crippen molar-refractivity contribution >= 4 is 63.0 Å². The van der Waals surface area contributed by atoms with Gasteiger partial charge in [0.1, 0.15) is 24.7 Å². The van der Waals surface area contributed by atoms with E-state index >= 15 is 0 Å². The van der Waals surface area contributed by atoms with Gasteiger partial charge in [-0.15, -0.1) is 0 Å². The van der Waals surface area contributed by atoms with Gasteiger partial charge in [-0.05, 0) is 59.7 Å². The molecule has 0 saturated heterocycles. The average Bonchev–Trinajstić information content (AvgIpc) is 3.05. The van der Waals surface area contributed by atoms with E-state index in [4.69, 9.17) is 9.47 Å². The number of rotatable bonds is 10. The van der Waals surface area contributed by atoms with E-state index < -0.39 is 17.6 Å². The van der Waals surface area contributed by atoms with Crippen molar-refractivity contribution in [2.75, 3.05) is 0 Å². The van der Waals surface area contributed by atoms with Gasteiger partial charge in [0.15, 0.2) is 5.71 Å². The van der Waals surface area contributed by atoms with Crippen LogP contribution in [0.3, 0.4) is 0 Å². The Bertz CT molecular complexity index is 1800. The fourth-order valence-corrected chi connectivity index (χ4v) is 4.94. The van der Waals surface area contributed by atoms with Crippen molar-refractivity contribution in [1.29, 1.82) is 0 Å². The molecule has 0 unspecified atom stereocenters. The zero-order valence-electron chi connectivity index (χ0n) is 23.0. The number of carboxylic acid groups (broad SMARTS) is 1. The Morgan fingerprint density at radius 2 is 1.07 bits per heavy atom. The van der Waals surface area contributed by atoms with Gasteiger partial charge in [-0.3, -0.25) is 0 Å². The van der Waals surface area contributed by atoms with Crippen molar-refractivity contribution in [2.45, 2.75) is 19.1 Å². The van der Waals surface area contributed by atoms with Gasteiger partial charge >= 0.3 is 35.5 Å². The Balaban J connectivity index is 0.00000384. The van der Waals surface area contributed by atoms with E-state index in [2.05, 4.69) is 15.1 Å². The second-order valence-corrected chi connectivity index (χ2v) is 9.93. The Hall–Kier alpha value is -4.76. The third-order valence-electron chi connectivity index (χ3n) is 7.11. The number of carboxylic acids is 1. The van der Waals surface area contributed by atoms with Crippen LogP contribution in [0.25, 0.3) is 21.8 Å². The van der Waals surface area contributed by atoms with Gasteiger partial charge in [0.25, 0.3) is 0 Å². The predicted molar refractivity (Wildman–Crippen MR) is 171 cm³/mol. The number of aromatic nitrogens is 2. The summed E-state index contributed by atoms with van der Waals surface area (Å²) in [6.07, 6.45) is 0. The summed E-state index contributed by atoms with van der Waals surface area (Å²) in [5.74, 6) is -0.949. The summed E-state index contributed by atoms with van der Waals surface area (Å²) in [6, 6.07) is 37.7. The van der Waals surface area contributed by atoms with Gasteiger partial charge < -0.3 is 19.8 Å². The average molecular weight is 594 g/mol. The first-order valence-corrected chi connectivity index (χ1v) is 13.7. The number of benzene rings is 4. The number of ether oxygens (including phenoxy) is 2. The van der Waals surface area contributed by atoms with Crippen molar-refractivity contribution in [3.63, 3.8) is 0 Å². The zero-order chi connectivity index (χ0) is 29.6. The fraction of sp³-hybridized carbons (Fsp3) is 0.0857. The Labute approximate surface area is 275 Å². The molecule has 0 spiro atoms. The summed E-state index contributed by atoms with van der Waals surface area (Å²) in [6.45, 7) is 0.560. The number of carbonyl (C=O) groups is 1. The SMILES string of the molecule is O=C(O)/C(=N\O)C(c1ccc(OCc2ccc3ccccc3n2)cc1)c1ccc(OCc2ccc3ccccc3n2)cc1.[NaH]. The molecule has 0 aliphatic rings. The summed E-state index contributed by atoms with van der Waals surface area (Å²) in [5, 5.41) is 24.6. The van der Waals surface area contributed by atoms with Crippen molar-refractivity contribution in [3.05, 3.63) is 144 Å². The van der Waals surface area contributed by atoms with E-state index in [1.807, 2.05) is 72.8 Å². The Morgan fingerprint density at radius 1 is 0.636 bits per heavy atom. The minimum absolute atomic E-state index is 0. The molecule has 0 bridgehead atoms. The van der Waals surface area contributed by atoms with Crippen LogP contribution in [0.1, 0.15) is 28.4 Å². The normalized spacial score (nSPS) is 11.3. The van der Waals surface area contributed by atoms with Crippen molar-refractivity contribution in [3.8, 4) is 11.5 Å². The predicted octanol–water partition coefficient (Wildman–Crippen LogP) is 6.34. The summed E-state index contributed by atoms with van der Waals surface area (Å²) in [4.78, 5) is 21.3. The molecule has 0 amide bonds. The molecule has 2 heterocycles. The molecule has 9 heteroatoms. The molecule has 0 saturated carbocycles. The van der Waals surface area contributed by atoms with Gasteiger partial charge in [-0.2, -0.15) is 0 Å². The third-order valence-corrected chi connectivity index (χ3v) is 7.11. The van der Waals surface area contributed by atoms with Crippen LogP contribution >= 0.6 is 0 Å². The van der Waals surface area contributed by atoms with Crippen molar-refractivity contribution in [1.82, 2.24) is 9.97 Å². The van der Waals surface area contributed by atoms with Gasteiger partial charge in [0.2, 0.25) is 0 Å². The first kappa shape index (κ1) is 30.7. The van der Waals surface area contributed by atoms with Crippen molar-refractivity contribution < 1.29 is 24.6 Å². The van der Waals surface area contributed by atoms with E-state index in [-0.39, 0.29) is 42.8 Å². The number of para-hydroxylation sites is 2. The molecule has 6 rings (SSSR count). The van der Waals surface area contributed by atoms with Crippen LogP contribution in [-0.2, 0) is 18.0 Å². The molecule has 0 aliphatic carbocycles. The molecule has 8 nitrogen and oxygen atoms in total. The maximum atomic E-state index is 12.0. The molecule has 6 aromatic rings. The molecule has 0 fully saturated rings. The van der Waals surface area contributed by atoms with Crippen LogP contribution in [0.2, 0.25) is 0 Å². The minimum atomic E-state index is -1.32. The Kier molecular flexibility index (Phi) is 9.86. The number of hydrogen-bond donors (Lipinski definition) is 2. The first-order valence-electron chi connectivity index (χ1n) is 13.7. The molecule has 0 aliphatic heterocycles. The van der Waals surface area contributed by atoms with Crippen LogP contribution in [0.5, 0.6) is 11.5 Å². The zero-order valence-corrected chi connectivity index (χ0v) is 23.0. The molecule has 0 radical (unpaired) electrons. The second kappa shape index (κ2) is 14.1. The third kappa shape index (κ3) is 7.06. The van der Waals surface area contributed by atoms with Crippen LogP contribution in [-0.4, -0.2) is 61.5 Å². The first-order chi connectivity index (χ1) is 21.1. The van der Waals surface area contributed by atoms with E-state index in [1.54, 1.807) is 48.5 Å². The maximum absolute atomic E-state index is 12.0. The van der Waals surface area contributed by atoms with E-state index in [1.165, 1.54) is 0 Å². The number of fused-ring (bicyclic) bond motifs is 2. The Morgan fingerprint density at radius 3 is 1.48 bits per heavy atom. The van der Waals surface area contributed by atoms with Gasteiger partial charge in [0.05, 0.1) is 28.3 Å². The van der Waals surface area contributed by atoms with Crippen LogP contribution in [0.4, 0.5) is 0 Å². The molecule has 0 atom stereocenters. The second-order valence-electron chi connectivity index (χ2n) is 9.93. The van der Waals surface area contributed by atoms with Gasteiger partial charge in [-0.25, -0.2) is 14.8 Å². The number of aliphatic carboxylic acids is 1. The summed E-state index contributed by atoms with van der Waals surface area (Å²) >= 11 is 0. The molecule has 2 N–H and O–H groups in total. The summed E-state index contributed by atoms with van der Waals surface area (Å²) in [5.41, 5.74) is 4.23. The molecular formula is C35H28N3NaO5. The standard InChI is InChI=1S/C35H27N3O5.Na.H/c39-35(40)34(38-41)33(25-11-17-29(18-12-25)42-21-27-15-9-23-5-1-3-7-31(23)36-27)26-13-19-30(20-14-26)43-22-28-16-10-24-6-2-4-8-32(24)37-28;;/h1-20,33,41H,21-22H2,(H,39,40);;/b38-34-;;. The quantitative estimate of drug-likeness (QED) is 0.0825. The molecule has 2 aromatic heterocycles. The van der Waals surface area contributed by atoms with Crippen LogP contribution < -0.4 is 9.47 Å². The summed E-state index contributed by atoms with van der Waals surface area (Å²) in [7, 11) is 0. The fourth-order valence-electron chi connectivity index (χ4n) is 4.94. The number of nitrogens with zero attached hydrogens (tertiary/aromatic N) is 3. The van der Waals surface area contributed by atoms with Gasteiger partial charge in [0, 0.05) is 10.8 Å². The van der Waals surface area contributed by atoms with E-state index in [0.29, 0.717) is 22.6 Å². The summed E-state index contributed by atoms with van der Waals surface area (Å²) < 4.78 is 11.9. The molecular weight excluding hydrogens is 565 g/mol. The van der Waals surface area contributed by atoms with Crippen molar-refractivity contribution in [2.24, 2.45) is 5.16 Å². The number of hydrogen-bond acceptors (Lipinski definition) is 7. The molecule has 4 aromatic carbocycles. The number of oxime groups is 1. The monoisotopic (exact) mass is 593 g/mol. The van der Waals surface area contributed by atoms with Crippen LogP contribution in [0.15, 0.2) is 126 Å². The number of pyridine rings is 2. The molecule has 214 valence electrons. The van der Waals surface area contributed by atoms with Gasteiger partial charge in [-0.1, -0.05) is 78.0 Å². The van der Waals surface area contributed by atoms with E-state index in [9.17, 15) is 15.1 Å². The van der Waals surface area contributed by atoms with Crippen LogP contribution in [0, 0.1) is 0 Å². The topological polar surface area (TPSA) is 114 Å².